The molecule has 4 rings (SSSR count). The number of nitrogens with zero attached hydrogens (tertiary/aromatic N) is 4. The normalized spacial score (nSPS) is 16.9. The Kier molecular flexibility index (Phi) is 5.46. The lowest BCUT2D eigenvalue weighted by Crippen LogP contribution is -2.39. The fraction of sp³-hybridized carbons (Fsp3) is 0.333. The van der Waals surface area contributed by atoms with Crippen LogP contribution in [0.3, 0.4) is 0 Å². The zero-order valence-corrected chi connectivity index (χ0v) is 15.5. The number of para-hydroxylation sites is 1. The van der Waals surface area contributed by atoms with Crippen molar-refractivity contribution in [3.8, 4) is 5.75 Å². The minimum absolute atomic E-state index is 0.190. The van der Waals surface area contributed by atoms with E-state index in [9.17, 15) is 0 Å². The van der Waals surface area contributed by atoms with Crippen LogP contribution in [-0.2, 0) is 24.4 Å². The Bertz CT molecular complexity index is 865. The molecule has 0 unspecified atom stereocenters. The lowest BCUT2D eigenvalue weighted by Gasteiger charge is -2.34. The number of benzene rings is 1. The first-order valence-electron chi connectivity index (χ1n) is 9.17. The van der Waals surface area contributed by atoms with Crippen molar-refractivity contribution in [2.45, 2.75) is 25.7 Å². The molecule has 0 bridgehead atoms. The molecular formula is C21H24N4O2. The first-order chi connectivity index (χ1) is 13.3. The molecule has 1 aliphatic rings. The van der Waals surface area contributed by atoms with Crippen molar-refractivity contribution in [3.63, 3.8) is 0 Å². The standard InChI is InChI=1S/C21H24N4O2/c1-26-21-7-3-2-6-18(21)12-24-13-19-8-10-23-25(19)20(14-24)16-27-15-17-5-4-9-22-11-17/h2-11,20H,12-16H2,1H3/t20-/m1/s1. The molecule has 140 valence electrons. The molecule has 0 amide bonds. The molecule has 0 aliphatic carbocycles. The van der Waals surface area contributed by atoms with Crippen LogP contribution < -0.4 is 4.74 Å². The van der Waals surface area contributed by atoms with E-state index in [4.69, 9.17) is 9.47 Å². The van der Waals surface area contributed by atoms with E-state index in [0.717, 1.165) is 30.9 Å². The highest BCUT2D eigenvalue weighted by Gasteiger charge is 2.26. The third kappa shape index (κ3) is 4.18. The van der Waals surface area contributed by atoms with Gasteiger partial charge >= 0.3 is 0 Å². The molecular weight excluding hydrogens is 340 g/mol. The Balaban J connectivity index is 1.43. The summed E-state index contributed by atoms with van der Waals surface area (Å²) in [5.41, 5.74) is 3.49. The van der Waals surface area contributed by atoms with E-state index < -0.39 is 0 Å². The second-order valence-corrected chi connectivity index (χ2v) is 6.78. The Morgan fingerprint density at radius 2 is 2.04 bits per heavy atom. The summed E-state index contributed by atoms with van der Waals surface area (Å²) in [6.07, 6.45) is 5.49. The fourth-order valence-electron chi connectivity index (χ4n) is 3.58. The summed E-state index contributed by atoms with van der Waals surface area (Å²) in [5, 5.41) is 4.51. The number of aromatic nitrogens is 3. The van der Waals surface area contributed by atoms with Crippen LogP contribution in [0.15, 0.2) is 61.1 Å². The Labute approximate surface area is 159 Å². The summed E-state index contributed by atoms with van der Waals surface area (Å²) in [4.78, 5) is 6.56. The van der Waals surface area contributed by atoms with Gasteiger partial charge in [-0.2, -0.15) is 5.10 Å². The molecule has 1 aromatic carbocycles. The number of hydrogen-bond donors (Lipinski definition) is 0. The summed E-state index contributed by atoms with van der Waals surface area (Å²) in [5.74, 6) is 0.931. The SMILES string of the molecule is COc1ccccc1CN1Cc2ccnn2[C@@H](COCc2cccnc2)C1. The van der Waals surface area contributed by atoms with Crippen molar-refractivity contribution < 1.29 is 9.47 Å². The smallest absolute Gasteiger partial charge is 0.123 e. The second kappa shape index (κ2) is 8.33. The Hall–Kier alpha value is -2.70. The number of methoxy groups -OCH3 is 1. The predicted octanol–water partition coefficient (Wildman–Crippen LogP) is 3.06. The van der Waals surface area contributed by atoms with Crippen LogP contribution in [0.2, 0.25) is 0 Å². The highest BCUT2D eigenvalue weighted by molar-refractivity contribution is 5.33. The van der Waals surface area contributed by atoms with E-state index in [1.54, 1.807) is 13.3 Å². The van der Waals surface area contributed by atoms with Gasteiger partial charge in [0, 0.05) is 43.8 Å². The maximum absolute atomic E-state index is 5.98. The van der Waals surface area contributed by atoms with Crippen molar-refractivity contribution in [2.75, 3.05) is 20.3 Å². The second-order valence-electron chi connectivity index (χ2n) is 6.78. The molecule has 0 fully saturated rings. The largest absolute Gasteiger partial charge is 0.496 e. The third-order valence-corrected chi connectivity index (χ3v) is 4.84. The van der Waals surface area contributed by atoms with Crippen molar-refractivity contribution in [1.29, 1.82) is 0 Å². The molecule has 0 spiro atoms. The van der Waals surface area contributed by atoms with Crippen molar-refractivity contribution in [3.05, 3.63) is 77.9 Å². The third-order valence-electron chi connectivity index (χ3n) is 4.84. The maximum Gasteiger partial charge on any atom is 0.123 e. The Morgan fingerprint density at radius 3 is 2.89 bits per heavy atom. The molecule has 0 saturated carbocycles. The van der Waals surface area contributed by atoms with E-state index in [0.29, 0.717) is 13.2 Å². The van der Waals surface area contributed by atoms with Gasteiger partial charge in [0.2, 0.25) is 0 Å². The van der Waals surface area contributed by atoms with E-state index in [1.165, 1.54) is 11.3 Å². The van der Waals surface area contributed by atoms with Crippen LogP contribution in [0.1, 0.15) is 22.9 Å². The van der Waals surface area contributed by atoms with Gasteiger partial charge in [0.25, 0.3) is 0 Å². The number of rotatable bonds is 7. The average molecular weight is 364 g/mol. The monoisotopic (exact) mass is 364 g/mol. The van der Waals surface area contributed by atoms with Gasteiger partial charge in [-0.1, -0.05) is 24.3 Å². The van der Waals surface area contributed by atoms with Crippen LogP contribution in [0, 0.1) is 0 Å². The summed E-state index contributed by atoms with van der Waals surface area (Å²) in [7, 11) is 1.72. The highest BCUT2D eigenvalue weighted by Crippen LogP contribution is 2.25. The van der Waals surface area contributed by atoms with Gasteiger partial charge in [0.15, 0.2) is 0 Å². The van der Waals surface area contributed by atoms with Crippen molar-refractivity contribution >= 4 is 0 Å². The molecule has 0 saturated heterocycles. The first-order valence-corrected chi connectivity index (χ1v) is 9.17. The van der Waals surface area contributed by atoms with Crippen LogP contribution in [0.25, 0.3) is 0 Å². The quantitative estimate of drug-likeness (QED) is 0.645. The molecule has 6 nitrogen and oxygen atoms in total. The average Bonchev–Trinajstić information content (AvgIpc) is 3.18. The molecule has 1 aliphatic heterocycles. The minimum atomic E-state index is 0.190. The van der Waals surface area contributed by atoms with Gasteiger partial charge < -0.3 is 9.47 Å². The lowest BCUT2D eigenvalue weighted by molar-refractivity contribution is 0.0530. The molecule has 3 heterocycles. The van der Waals surface area contributed by atoms with Gasteiger partial charge in [-0.05, 0) is 23.8 Å². The Morgan fingerprint density at radius 1 is 1.11 bits per heavy atom. The molecule has 1 atom stereocenters. The van der Waals surface area contributed by atoms with Crippen LogP contribution >= 0.6 is 0 Å². The van der Waals surface area contributed by atoms with Crippen LogP contribution in [-0.4, -0.2) is 39.9 Å². The van der Waals surface area contributed by atoms with Gasteiger partial charge in [0.05, 0.1) is 32.1 Å². The number of pyridine rings is 1. The summed E-state index contributed by atoms with van der Waals surface area (Å²) < 4.78 is 13.6. The van der Waals surface area contributed by atoms with Crippen LogP contribution in [0.5, 0.6) is 5.75 Å². The zero-order chi connectivity index (χ0) is 18.5. The number of hydrogen-bond acceptors (Lipinski definition) is 5. The van der Waals surface area contributed by atoms with E-state index >= 15 is 0 Å². The molecule has 0 N–H and O–H groups in total. The van der Waals surface area contributed by atoms with Gasteiger partial charge in [-0.25, -0.2) is 0 Å². The zero-order valence-electron chi connectivity index (χ0n) is 15.5. The lowest BCUT2D eigenvalue weighted by atomic mass is 10.1. The molecule has 3 aromatic rings. The van der Waals surface area contributed by atoms with Crippen LogP contribution in [0.4, 0.5) is 0 Å². The van der Waals surface area contributed by atoms with E-state index in [2.05, 4.69) is 37.9 Å². The van der Waals surface area contributed by atoms with Gasteiger partial charge in [-0.3, -0.25) is 14.6 Å². The predicted molar refractivity (Wildman–Crippen MR) is 102 cm³/mol. The molecule has 0 radical (unpaired) electrons. The van der Waals surface area contributed by atoms with Gasteiger partial charge in [-0.15, -0.1) is 0 Å². The highest BCUT2D eigenvalue weighted by atomic mass is 16.5. The number of ether oxygens (including phenoxy) is 2. The fourth-order valence-corrected chi connectivity index (χ4v) is 3.58. The van der Waals surface area contributed by atoms with Crippen molar-refractivity contribution in [1.82, 2.24) is 19.7 Å². The van der Waals surface area contributed by atoms with Gasteiger partial charge in [0.1, 0.15) is 5.75 Å². The number of fused-ring (bicyclic) bond motifs is 1. The van der Waals surface area contributed by atoms with E-state index in [1.807, 2.05) is 36.7 Å². The molecule has 2 aromatic heterocycles. The summed E-state index contributed by atoms with van der Waals surface area (Å²) in [6, 6.07) is 14.4. The molecule has 6 heteroatoms. The first kappa shape index (κ1) is 17.7. The minimum Gasteiger partial charge on any atom is -0.496 e. The topological polar surface area (TPSA) is 52.4 Å². The van der Waals surface area contributed by atoms with E-state index in [-0.39, 0.29) is 6.04 Å². The summed E-state index contributed by atoms with van der Waals surface area (Å²) >= 11 is 0. The summed E-state index contributed by atoms with van der Waals surface area (Å²) in [6.45, 7) is 3.78. The van der Waals surface area contributed by atoms with Crippen molar-refractivity contribution in [2.24, 2.45) is 0 Å². The molecule has 27 heavy (non-hydrogen) atoms. The maximum atomic E-state index is 5.98.